The fourth-order valence-electron chi connectivity index (χ4n) is 7.83. The van der Waals surface area contributed by atoms with E-state index in [1.54, 1.807) is 13.8 Å². The van der Waals surface area contributed by atoms with Crippen LogP contribution in [0, 0.1) is 34.5 Å². The van der Waals surface area contributed by atoms with Gasteiger partial charge in [0.25, 0.3) is 0 Å². The normalized spacial score (nSPS) is 40.6. The number of thioether (sulfide) groups is 1. The number of fused-ring (bicyclic) bond motifs is 5. The number of carbonyl (C=O) groups excluding carboxylic acids is 4. The highest BCUT2D eigenvalue weighted by Gasteiger charge is 2.62. The third-order valence-electron chi connectivity index (χ3n) is 9.40. The number of hydrogen-bond donors (Lipinski definition) is 0. The molecule has 4 aliphatic carbocycles. The highest BCUT2D eigenvalue weighted by molar-refractivity contribution is 8.14. The summed E-state index contributed by atoms with van der Waals surface area (Å²) in [6.07, 6.45) is 8.49. The highest BCUT2D eigenvalue weighted by Crippen LogP contribution is 2.67. The summed E-state index contributed by atoms with van der Waals surface area (Å²) in [5, 5.41) is 0.0955. The van der Waals surface area contributed by atoms with Crippen molar-refractivity contribution in [3.63, 3.8) is 0 Å². The van der Waals surface area contributed by atoms with Crippen molar-refractivity contribution in [1.82, 2.24) is 0 Å². The maximum Gasteiger partial charge on any atom is 0.305 e. The zero-order chi connectivity index (χ0) is 23.3. The van der Waals surface area contributed by atoms with Crippen molar-refractivity contribution in [3.05, 3.63) is 11.6 Å². The van der Waals surface area contributed by atoms with Gasteiger partial charge in [-0.05, 0) is 67.8 Å². The summed E-state index contributed by atoms with van der Waals surface area (Å²) in [6.45, 7) is 7.83. The van der Waals surface area contributed by atoms with Crippen LogP contribution in [0.4, 0.5) is 0 Å². The first kappa shape index (κ1) is 23.7. The summed E-state index contributed by atoms with van der Waals surface area (Å²) in [7, 11) is 0. The van der Waals surface area contributed by atoms with Gasteiger partial charge in [-0.3, -0.25) is 19.2 Å². The molecule has 0 radical (unpaired) electrons. The summed E-state index contributed by atoms with van der Waals surface area (Å²) >= 11 is 1.36. The summed E-state index contributed by atoms with van der Waals surface area (Å²) in [5.41, 5.74) is 1.06. The van der Waals surface area contributed by atoms with Crippen molar-refractivity contribution in [2.24, 2.45) is 34.5 Å². The molecule has 176 valence electrons. The van der Waals surface area contributed by atoms with Crippen LogP contribution in [-0.2, 0) is 23.9 Å². The molecule has 0 aliphatic heterocycles. The van der Waals surface area contributed by atoms with Crippen LogP contribution in [0.25, 0.3) is 0 Å². The van der Waals surface area contributed by atoms with E-state index in [-0.39, 0.29) is 57.7 Å². The number of ketones is 2. The van der Waals surface area contributed by atoms with E-state index < -0.39 is 0 Å². The molecule has 0 bridgehead atoms. The lowest BCUT2D eigenvalue weighted by Gasteiger charge is -2.59. The van der Waals surface area contributed by atoms with Crippen LogP contribution < -0.4 is 0 Å². The van der Waals surface area contributed by atoms with Gasteiger partial charge >= 0.3 is 5.97 Å². The van der Waals surface area contributed by atoms with Crippen LogP contribution in [-0.4, -0.2) is 34.5 Å². The minimum absolute atomic E-state index is 0.0111. The molecule has 0 aromatic rings. The van der Waals surface area contributed by atoms with Crippen LogP contribution in [0.15, 0.2) is 11.6 Å². The smallest absolute Gasteiger partial charge is 0.305 e. The van der Waals surface area contributed by atoms with E-state index in [2.05, 4.69) is 13.8 Å². The van der Waals surface area contributed by atoms with Gasteiger partial charge in [0.05, 0.1) is 0 Å². The van der Waals surface area contributed by atoms with Crippen molar-refractivity contribution < 1.29 is 23.9 Å². The van der Waals surface area contributed by atoms with Gasteiger partial charge in [0.2, 0.25) is 0 Å². The summed E-state index contributed by atoms with van der Waals surface area (Å²) in [5.74, 6) is 1.29. The van der Waals surface area contributed by atoms with E-state index in [9.17, 15) is 19.2 Å². The minimum Gasteiger partial charge on any atom is -0.458 e. The average Bonchev–Trinajstić information content (AvgIpc) is 3.09. The summed E-state index contributed by atoms with van der Waals surface area (Å²) in [6, 6.07) is 0. The van der Waals surface area contributed by atoms with E-state index in [4.69, 9.17) is 4.74 Å². The van der Waals surface area contributed by atoms with Crippen molar-refractivity contribution in [3.8, 4) is 0 Å². The second kappa shape index (κ2) is 8.73. The van der Waals surface area contributed by atoms with Gasteiger partial charge in [0.1, 0.15) is 6.61 Å². The number of allylic oxidation sites excluding steroid dienone is 1. The first-order valence-corrected chi connectivity index (χ1v) is 13.1. The Labute approximate surface area is 195 Å². The van der Waals surface area contributed by atoms with Gasteiger partial charge in [-0.15, -0.1) is 0 Å². The molecule has 0 amide bonds. The van der Waals surface area contributed by atoms with E-state index in [1.807, 2.05) is 6.08 Å². The Morgan fingerprint density at radius 3 is 2.56 bits per heavy atom. The molecule has 7 atom stereocenters. The van der Waals surface area contributed by atoms with Gasteiger partial charge in [-0.25, -0.2) is 0 Å². The Morgan fingerprint density at radius 1 is 1.12 bits per heavy atom. The molecule has 0 aromatic heterocycles. The number of rotatable bonds is 5. The summed E-state index contributed by atoms with van der Waals surface area (Å²) < 4.78 is 5.18. The van der Waals surface area contributed by atoms with Crippen molar-refractivity contribution in [1.29, 1.82) is 0 Å². The van der Waals surface area contributed by atoms with Crippen LogP contribution in [0.2, 0.25) is 0 Å². The van der Waals surface area contributed by atoms with Crippen LogP contribution in [0.3, 0.4) is 0 Å². The predicted octanol–water partition coefficient (Wildman–Crippen LogP) is 4.92. The topological polar surface area (TPSA) is 77.5 Å². The molecule has 1 unspecified atom stereocenters. The van der Waals surface area contributed by atoms with E-state index >= 15 is 0 Å². The lowest BCUT2D eigenvalue weighted by atomic mass is 9.46. The fraction of sp³-hybridized carbons (Fsp3) is 0.769. The maximum atomic E-state index is 13.0. The van der Waals surface area contributed by atoms with E-state index in [0.717, 1.165) is 38.5 Å². The molecule has 6 heteroatoms. The number of ether oxygens (including phenoxy) is 1. The zero-order valence-corrected chi connectivity index (χ0v) is 20.6. The molecule has 32 heavy (non-hydrogen) atoms. The lowest BCUT2D eigenvalue weighted by Crippen LogP contribution is -2.55. The highest BCUT2D eigenvalue weighted by atomic mass is 32.2. The average molecular weight is 461 g/mol. The Kier molecular flexibility index (Phi) is 6.47. The number of hydrogen-bond acceptors (Lipinski definition) is 6. The molecule has 0 heterocycles. The Morgan fingerprint density at radius 2 is 1.88 bits per heavy atom. The largest absolute Gasteiger partial charge is 0.458 e. The first-order chi connectivity index (χ1) is 15.1. The van der Waals surface area contributed by atoms with Crippen molar-refractivity contribution >= 4 is 34.4 Å². The first-order valence-electron chi connectivity index (χ1n) is 12.2. The van der Waals surface area contributed by atoms with Gasteiger partial charge in [0.15, 0.2) is 16.7 Å². The van der Waals surface area contributed by atoms with Crippen molar-refractivity contribution in [2.75, 3.05) is 6.61 Å². The zero-order valence-electron chi connectivity index (χ0n) is 19.8. The molecule has 4 aliphatic rings. The molecular weight excluding hydrogens is 424 g/mol. The number of esters is 1. The Balaban J connectivity index is 1.58. The quantitative estimate of drug-likeness (QED) is 0.542. The van der Waals surface area contributed by atoms with Gasteiger partial charge in [0, 0.05) is 36.3 Å². The molecule has 0 N–H and O–H groups in total. The molecule has 0 aromatic carbocycles. The predicted molar refractivity (Wildman–Crippen MR) is 124 cm³/mol. The Bertz CT molecular complexity index is 862. The second-order valence-electron chi connectivity index (χ2n) is 10.8. The van der Waals surface area contributed by atoms with Gasteiger partial charge in [-0.1, -0.05) is 38.1 Å². The monoisotopic (exact) mass is 460 g/mol. The third kappa shape index (κ3) is 3.80. The second-order valence-corrected chi connectivity index (χ2v) is 12.2. The molecule has 5 nitrogen and oxygen atoms in total. The van der Waals surface area contributed by atoms with Gasteiger partial charge in [-0.2, -0.15) is 0 Å². The standard InChI is InChI=1S/C26H36O5S/c1-5-24(30)31-14-22(29)21-9-8-19-18-7-6-16-12-17(28)13-23(32-15(2)27)26(16,4)20(18)10-11-25(19,21)3/h12,18-21,23H,5-11,13-14H2,1-4H3/t18-,19-,20-,21+,23?,25-,26-/m0/s1. The SMILES string of the molecule is CCC(=O)OCC(=O)[C@H]1CC[C@H]2[C@@H]3CCC4=CC(=O)CC(SC(C)=O)[C@]4(C)[C@H]3CC[C@]12C. The lowest BCUT2D eigenvalue weighted by molar-refractivity contribution is -0.150. The molecule has 3 saturated carbocycles. The Hall–Kier alpha value is -1.43. The molecular formula is C26H36O5S. The van der Waals surface area contributed by atoms with Crippen LogP contribution in [0.5, 0.6) is 0 Å². The van der Waals surface area contributed by atoms with E-state index in [1.165, 1.54) is 17.3 Å². The number of Topliss-reactive ketones (excluding diaryl/α,β-unsaturated/α-hetero) is 1. The molecule has 0 spiro atoms. The van der Waals surface area contributed by atoms with Gasteiger partial charge < -0.3 is 4.74 Å². The minimum atomic E-state index is -0.317. The van der Waals surface area contributed by atoms with Crippen molar-refractivity contribution in [2.45, 2.75) is 84.3 Å². The third-order valence-corrected chi connectivity index (χ3v) is 10.7. The summed E-state index contributed by atoms with van der Waals surface area (Å²) in [4.78, 5) is 49.0. The molecule has 0 saturated heterocycles. The van der Waals surface area contributed by atoms with E-state index in [0.29, 0.717) is 24.2 Å². The number of carbonyl (C=O) groups is 4. The van der Waals surface area contributed by atoms with Crippen LogP contribution in [0.1, 0.15) is 79.1 Å². The van der Waals surface area contributed by atoms with Crippen LogP contribution >= 0.6 is 11.8 Å². The fourth-order valence-corrected chi connectivity index (χ4v) is 9.05. The maximum absolute atomic E-state index is 13.0. The molecule has 4 rings (SSSR count). The molecule has 3 fully saturated rings.